The molecule has 37 heavy (non-hydrogen) atoms. The van der Waals surface area contributed by atoms with E-state index in [2.05, 4.69) is 21.2 Å². The normalized spacial score (nSPS) is 14.8. The number of carbonyl (C=O) groups is 2. The molecule has 202 valence electrons. The van der Waals surface area contributed by atoms with Crippen LogP contribution in [-0.4, -0.2) is 50.0 Å². The van der Waals surface area contributed by atoms with E-state index in [9.17, 15) is 18.0 Å². The second-order valence-electron chi connectivity index (χ2n) is 9.97. The first-order valence-electron chi connectivity index (χ1n) is 12.9. The van der Waals surface area contributed by atoms with Gasteiger partial charge in [0.05, 0.1) is 11.9 Å². The highest BCUT2D eigenvalue weighted by Gasteiger charge is 2.29. The Labute approximate surface area is 229 Å². The number of halogens is 1. The van der Waals surface area contributed by atoms with Gasteiger partial charge >= 0.3 is 0 Å². The van der Waals surface area contributed by atoms with E-state index < -0.39 is 16.1 Å². The molecule has 0 bridgehead atoms. The fourth-order valence-corrected chi connectivity index (χ4v) is 6.03. The first-order chi connectivity index (χ1) is 17.5. The maximum atomic E-state index is 13.5. The molecule has 1 aliphatic carbocycles. The van der Waals surface area contributed by atoms with Crippen molar-refractivity contribution in [3.05, 3.63) is 63.6 Å². The van der Waals surface area contributed by atoms with Crippen LogP contribution in [0.1, 0.15) is 62.1 Å². The molecule has 2 amide bonds. The molecule has 0 saturated heterocycles. The van der Waals surface area contributed by atoms with Gasteiger partial charge in [-0.1, -0.05) is 53.0 Å². The molecule has 1 fully saturated rings. The van der Waals surface area contributed by atoms with Gasteiger partial charge in [-0.05, 0) is 74.9 Å². The van der Waals surface area contributed by atoms with E-state index in [1.54, 1.807) is 17.9 Å². The highest BCUT2D eigenvalue weighted by atomic mass is 79.9. The number of nitrogens with one attached hydrogen (secondary N) is 1. The lowest BCUT2D eigenvalue weighted by Crippen LogP contribution is -2.49. The summed E-state index contributed by atoms with van der Waals surface area (Å²) in [6, 6.07) is 12.8. The summed E-state index contributed by atoms with van der Waals surface area (Å²) in [6.07, 6.45) is 5.82. The van der Waals surface area contributed by atoms with Gasteiger partial charge in [-0.3, -0.25) is 13.9 Å². The largest absolute Gasteiger partial charge is 0.352 e. The monoisotopic (exact) mass is 591 g/mol. The van der Waals surface area contributed by atoms with E-state index in [-0.39, 0.29) is 30.8 Å². The number of hydrogen-bond donors (Lipinski definition) is 1. The average Bonchev–Trinajstić information content (AvgIpc) is 3.35. The zero-order valence-corrected chi connectivity index (χ0v) is 24.6. The van der Waals surface area contributed by atoms with Crippen LogP contribution in [0.25, 0.3) is 0 Å². The summed E-state index contributed by atoms with van der Waals surface area (Å²) in [6.45, 7) is 6.10. The Morgan fingerprint density at radius 3 is 2.35 bits per heavy atom. The van der Waals surface area contributed by atoms with Crippen molar-refractivity contribution in [2.75, 3.05) is 17.1 Å². The van der Waals surface area contributed by atoms with Crippen LogP contribution in [-0.2, 0) is 26.2 Å². The van der Waals surface area contributed by atoms with Crippen LogP contribution in [0.3, 0.4) is 0 Å². The molecule has 2 aromatic rings. The highest BCUT2D eigenvalue weighted by molar-refractivity contribution is 9.10. The maximum absolute atomic E-state index is 13.5. The number of aryl methyl sites for hydroxylation is 1. The summed E-state index contributed by atoms with van der Waals surface area (Å²) in [4.78, 5) is 28.1. The molecule has 0 unspecified atom stereocenters. The predicted octanol–water partition coefficient (Wildman–Crippen LogP) is 5.09. The Bertz CT molecular complexity index is 1190. The number of rotatable bonds is 11. The summed E-state index contributed by atoms with van der Waals surface area (Å²) < 4.78 is 27.5. The topological polar surface area (TPSA) is 86.8 Å². The lowest BCUT2D eigenvalue weighted by Gasteiger charge is -2.30. The van der Waals surface area contributed by atoms with Crippen LogP contribution >= 0.6 is 15.9 Å². The van der Waals surface area contributed by atoms with Crippen LogP contribution in [0.5, 0.6) is 0 Å². The number of nitrogens with zero attached hydrogens (tertiary/aromatic N) is 2. The van der Waals surface area contributed by atoms with Gasteiger partial charge in [-0.2, -0.15) is 0 Å². The molecule has 0 radical (unpaired) electrons. The maximum Gasteiger partial charge on any atom is 0.242 e. The van der Waals surface area contributed by atoms with Crippen molar-refractivity contribution in [1.82, 2.24) is 10.2 Å². The lowest BCUT2D eigenvalue weighted by molar-refractivity contribution is -0.141. The van der Waals surface area contributed by atoms with Gasteiger partial charge in [0.1, 0.15) is 6.04 Å². The fraction of sp³-hybridized carbons (Fsp3) is 0.500. The Hall–Kier alpha value is -2.39. The Kier molecular flexibility index (Phi) is 10.2. The van der Waals surface area contributed by atoms with Gasteiger partial charge < -0.3 is 10.2 Å². The lowest BCUT2D eigenvalue weighted by atomic mass is 10.1. The summed E-state index contributed by atoms with van der Waals surface area (Å²) in [7, 11) is -3.53. The van der Waals surface area contributed by atoms with E-state index >= 15 is 0 Å². The second-order valence-corrected chi connectivity index (χ2v) is 12.8. The first-order valence-corrected chi connectivity index (χ1v) is 15.5. The summed E-state index contributed by atoms with van der Waals surface area (Å²) in [5.74, 6) is -0.322. The molecule has 1 saturated carbocycles. The summed E-state index contributed by atoms with van der Waals surface area (Å²) in [5.41, 5.74) is 3.45. The van der Waals surface area contributed by atoms with Gasteiger partial charge in [-0.25, -0.2) is 8.42 Å². The zero-order chi connectivity index (χ0) is 27.2. The molecule has 0 aliphatic heterocycles. The van der Waals surface area contributed by atoms with Gasteiger partial charge in [0, 0.05) is 30.0 Å². The van der Waals surface area contributed by atoms with Crippen molar-refractivity contribution in [3.8, 4) is 0 Å². The van der Waals surface area contributed by atoms with Crippen LogP contribution in [0.4, 0.5) is 5.69 Å². The molecule has 1 N–H and O–H groups in total. The molecule has 1 atom stereocenters. The molecule has 0 aromatic heterocycles. The van der Waals surface area contributed by atoms with Gasteiger partial charge in [-0.15, -0.1) is 0 Å². The van der Waals surface area contributed by atoms with Gasteiger partial charge in [0.15, 0.2) is 0 Å². The zero-order valence-electron chi connectivity index (χ0n) is 22.2. The van der Waals surface area contributed by atoms with Crippen LogP contribution < -0.4 is 9.62 Å². The molecular formula is C28H38BrN3O4S. The number of anilines is 1. The second kappa shape index (κ2) is 12.9. The van der Waals surface area contributed by atoms with Crippen LogP contribution in [0.15, 0.2) is 46.9 Å². The highest BCUT2D eigenvalue weighted by Crippen LogP contribution is 2.26. The van der Waals surface area contributed by atoms with Crippen LogP contribution in [0, 0.1) is 13.8 Å². The molecule has 3 rings (SSSR count). The first kappa shape index (κ1) is 29.2. The van der Waals surface area contributed by atoms with Crippen molar-refractivity contribution in [1.29, 1.82) is 0 Å². The molecule has 1 aliphatic rings. The molecule has 9 heteroatoms. The minimum Gasteiger partial charge on any atom is -0.352 e. The predicted molar refractivity (Wildman–Crippen MR) is 152 cm³/mol. The van der Waals surface area contributed by atoms with E-state index in [0.29, 0.717) is 18.7 Å². The number of hydrogen-bond acceptors (Lipinski definition) is 4. The van der Waals surface area contributed by atoms with Crippen molar-refractivity contribution in [2.45, 2.75) is 77.9 Å². The molecular weight excluding hydrogens is 554 g/mol. The fourth-order valence-electron chi connectivity index (χ4n) is 4.75. The van der Waals surface area contributed by atoms with Crippen LogP contribution in [0.2, 0.25) is 0 Å². The van der Waals surface area contributed by atoms with E-state index in [0.717, 1.165) is 46.8 Å². The van der Waals surface area contributed by atoms with Gasteiger partial charge in [0.25, 0.3) is 0 Å². The number of carbonyl (C=O) groups excluding carboxylic acids is 2. The molecule has 0 spiro atoms. The molecule has 7 nitrogen and oxygen atoms in total. The van der Waals surface area contributed by atoms with Crippen molar-refractivity contribution >= 4 is 43.5 Å². The minimum atomic E-state index is -3.53. The van der Waals surface area contributed by atoms with E-state index in [1.165, 1.54) is 10.6 Å². The van der Waals surface area contributed by atoms with Crippen molar-refractivity contribution < 1.29 is 18.0 Å². The molecule has 2 aromatic carbocycles. The number of sulfonamides is 1. The standard InChI is InChI=1S/C28H38BrN3O4S/c1-20-9-7-12-26(21(20)2)32(37(4,35)36)18-8-13-27(33)31(19-23-14-16-24(29)17-15-23)22(3)28(34)30-25-10-5-6-11-25/h7,9,12,14-17,22,25H,5-6,8,10-11,13,18-19H2,1-4H3,(H,30,34)/t22-/m0/s1. The number of amides is 2. The SMILES string of the molecule is Cc1cccc(N(CCCC(=O)N(Cc2ccc(Br)cc2)[C@@H](C)C(=O)NC2CCCC2)S(C)(=O)=O)c1C. The summed E-state index contributed by atoms with van der Waals surface area (Å²) in [5, 5.41) is 3.11. The minimum absolute atomic E-state index is 0.133. The number of benzene rings is 2. The molecule has 0 heterocycles. The van der Waals surface area contributed by atoms with E-state index in [4.69, 9.17) is 0 Å². The average molecular weight is 593 g/mol. The summed E-state index contributed by atoms with van der Waals surface area (Å²) >= 11 is 3.44. The Morgan fingerprint density at radius 1 is 1.08 bits per heavy atom. The smallest absolute Gasteiger partial charge is 0.242 e. The van der Waals surface area contributed by atoms with Crippen molar-refractivity contribution in [3.63, 3.8) is 0 Å². The van der Waals surface area contributed by atoms with Gasteiger partial charge in [0.2, 0.25) is 21.8 Å². The quantitative estimate of drug-likeness (QED) is 0.394. The third kappa shape index (κ3) is 8.04. The Balaban J connectivity index is 1.73. The van der Waals surface area contributed by atoms with E-state index in [1.807, 2.05) is 50.2 Å². The third-order valence-electron chi connectivity index (χ3n) is 7.13. The van der Waals surface area contributed by atoms with Crippen molar-refractivity contribution in [2.24, 2.45) is 0 Å². The Morgan fingerprint density at radius 2 is 1.73 bits per heavy atom. The third-order valence-corrected chi connectivity index (χ3v) is 8.84.